The van der Waals surface area contributed by atoms with Crippen LogP contribution >= 0.6 is 7.99 Å². The van der Waals surface area contributed by atoms with Crippen LogP contribution in [0.1, 0.15) is 0 Å². The zero-order chi connectivity index (χ0) is 9.19. The Bertz CT molecular complexity index is 305. The predicted molar refractivity (Wildman–Crippen MR) is 38.6 cm³/mol. The van der Waals surface area contributed by atoms with Crippen LogP contribution in [0.25, 0.3) is 0 Å². The van der Waals surface area contributed by atoms with Crippen LogP contribution in [0.5, 0.6) is 11.5 Å². The van der Waals surface area contributed by atoms with Gasteiger partial charge in [0.2, 0.25) is 0 Å². The second kappa shape index (κ2) is 3.11. The topological polar surface area (TPSA) is 46.5 Å². The number of phenolic OH excluding ortho intramolecular Hbond substituents is 1. The van der Waals surface area contributed by atoms with Gasteiger partial charge in [-0.25, -0.2) is 4.57 Å². The Kier molecular flexibility index (Phi) is 2.33. The third-order valence-corrected chi connectivity index (χ3v) is 1.47. The highest BCUT2D eigenvalue weighted by Gasteiger charge is 2.22. The molecule has 0 aliphatic heterocycles. The lowest BCUT2D eigenvalue weighted by Crippen LogP contribution is -1.81. The van der Waals surface area contributed by atoms with Crippen LogP contribution in [0, 0.1) is 0 Å². The lowest BCUT2D eigenvalue weighted by molar-refractivity contribution is 0.383. The molecule has 0 spiro atoms. The first kappa shape index (κ1) is 9.00. The van der Waals surface area contributed by atoms with Crippen LogP contribution in [-0.2, 0) is 4.57 Å². The quantitative estimate of drug-likeness (QED) is 0.736. The highest BCUT2D eigenvalue weighted by Crippen LogP contribution is 2.50. The highest BCUT2D eigenvalue weighted by atomic mass is 31.2. The number of aromatic hydroxyl groups is 1. The molecule has 0 atom stereocenters. The molecular formula is C6H5F2O3P. The smallest absolute Gasteiger partial charge is 0.508 e. The normalized spacial score (nSPS) is 11.2. The van der Waals surface area contributed by atoms with Gasteiger partial charge in [-0.1, -0.05) is 0 Å². The molecule has 0 aromatic heterocycles. The Morgan fingerprint density at radius 1 is 1.25 bits per heavy atom. The average Bonchev–Trinajstić information content (AvgIpc) is 1.91. The first-order valence-electron chi connectivity index (χ1n) is 2.95. The van der Waals surface area contributed by atoms with Gasteiger partial charge in [-0.15, -0.1) is 8.39 Å². The van der Waals surface area contributed by atoms with E-state index in [0.29, 0.717) is 0 Å². The Morgan fingerprint density at radius 2 is 1.75 bits per heavy atom. The van der Waals surface area contributed by atoms with Gasteiger partial charge in [0.05, 0.1) is 0 Å². The van der Waals surface area contributed by atoms with Crippen molar-refractivity contribution < 1.29 is 22.6 Å². The maximum Gasteiger partial charge on any atom is 0.610 e. The Balaban J connectivity index is 2.78. The van der Waals surface area contributed by atoms with Gasteiger partial charge in [-0.3, -0.25) is 0 Å². The maximum atomic E-state index is 11.8. The minimum absolute atomic E-state index is 0.0742. The van der Waals surface area contributed by atoms with Crippen LogP contribution in [-0.4, -0.2) is 5.11 Å². The molecule has 66 valence electrons. The SMILES string of the molecule is O=P(F)(F)Oc1ccc(O)cc1. The van der Waals surface area contributed by atoms with Gasteiger partial charge in [0.25, 0.3) is 0 Å². The fourth-order valence-corrected chi connectivity index (χ4v) is 0.997. The summed E-state index contributed by atoms with van der Waals surface area (Å²) in [6, 6.07) is 4.51. The molecule has 0 amide bonds. The van der Waals surface area contributed by atoms with Gasteiger partial charge in [-0.05, 0) is 24.3 Å². The molecule has 1 rings (SSSR count). The Labute approximate surface area is 67.3 Å². The molecule has 6 heteroatoms. The molecule has 0 unspecified atom stereocenters. The van der Waals surface area contributed by atoms with Gasteiger partial charge < -0.3 is 9.63 Å². The van der Waals surface area contributed by atoms with Crippen LogP contribution in [0.4, 0.5) is 8.39 Å². The molecule has 0 bridgehead atoms. The van der Waals surface area contributed by atoms with Crippen molar-refractivity contribution in [1.82, 2.24) is 0 Å². The van der Waals surface area contributed by atoms with E-state index in [4.69, 9.17) is 5.11 Å². The van der Waals surface area contributed by atoms with Crippen LogP contribution in [0.2, 0.25) is 0 Å². The van der Waals surface area contributed by atoms with Crippen LogP contribution in [0.15, 0.2) is 24.3 Å². The second-order valence-electron chi connectivity index (χ2n) is 2.00. The molecule has 0 aliphatic carbocycles. The number of phenols is 1. The van der Waals surface area contributed by atoms with Crippen molar-refractivity contribution in [3.63, 3.8) is 0 Å². The largest absolute Gasteiger partial charge is 0.610 e. The lowest BCUT2D eigenvalue weighted by Gasteiger charge is -2.01. The van der Waals surface area contributed by atoms with Crippen molar-refractivity contribution in [3.05, 3.63) is 24.3 Å². The first-order chi connectivity index (χ1) is 5.47. The number of hydrogen-bond donors (Lipinski definition) is 1. The highest BCUT2D eigenvalue weighted by molar-refractivity contribution is 7.48. The lowest BCUT2D eigenvalue weighted by atomic mass is 10.3. The summed E-state index contributed by atoms with van der Waals surface area (Å²) >= 11 is 0. The number of rotatable bonds is 2. The summed E-state index contributed by atoms with van der Waals surface area (Å²) < 4.78 is 37.2. The molecule has 0 saturated carbocycles. The maximum absolute atomic E-state index is 11.8. The summed E-state index contributed by atoms with van der Waals surface area (Å²) in [5.74, 6) is -0.309. The summed E-state index contributed by atoms with van der Waals surface area (Å²) in [4.78, 5) is 0. The van der Waals surface area contributed by atoms with Crippen molar-refractivity contribution in [2.45, 2.75) is 0 Å². The van der Waals surface area contributed by atoms with Gasteiger partial charge >= 0.3 is 7.99 Å². The van der Waals surface area contributed by atoms with Crippen molar-refractivity contribution in [2.24, 2.45) is 0 Å². The standard InChI is InChI=1S/C6H5F2O3P/c7-12(8,10)11-6-3-1-5(9)2-4-6/h1-4,9H. The fourth-order valence-electron chi connectivity index (χ4n) is 0.630. The third kappa shape index (κ3) is 2.88. The predicted octanol–water partition coefficient (Wildman–Crippen LogP) is 2.82. The van der Waals surface area contributed by atoms with Crippen LogP contribution < -0.4 is 4.52 Å². The third-order valence-electron chi connectivity index (χ3n) is 1.05. The van der Waals surface area contributed by atoms with Crippen molar-refractivity contribution in [1.29, 1.82) is 0 Å². The van der Waals surface area contributed by atoms with E-state index < -0.39 is 7.99 Å². The zero-order valence-electron chi connectivity index (χ0n) is 5.78. The summed E-state index contributed by atoms with van der Waals surface area (Å²) in [7, 11) is -5.48. The molecular weight excluding hydrogens is 189 g/mol. The van der Waals surface area contributed by atoms with Gasteiger partial charge in [0, 0.05) is 0 Å². The second-order valence-corrected chi connectivity index (χ2v) is 3.01. The monoisotopic (exact) mass is 194 g/mol. The van der Waals surface area contributed by atoms with E-state index in [2.05, 4.69) is 4.52 Å². The van der Waals surface area contributed by atoms with Crippen LogP contribution in [0.3, 0.4) is 0 Å². The molecule has 12 heavy (non-hydrogen) atoms. The summed E-state index contributed by atoms with van der Waals surface area (Å²) in [5.41, 5.74) is 0. The average molecular weight is 194 g/mol. The molecule has 0 aliphatic rings. The van der Waals surface area contributed by atoms with E-state index in [1.54, 1.807) is 0 Å². The minimum atomic E-state index is -5.48. The zero-order valence-corrected chi connectivity index (χ0v) is 6.67. The molecule has 0 saturated heterocycles. The molecule has 0 radical (unpaired) electrons. The molecule has 3 nitrogen and oxygen atoms in total. The first-order valence-corrected chi connectivity index (χ1v) is 4.36. The molecule has 1 aromatic carbocycles. The minimum Gasteiger partial charge on any atom is -0.508 e. The van der Waals surface area contributed by atoms with Gasteiger partial charge in [0.1, 0.15) is 11.5 Å². The Hall–Kier alpha value is -1.09. The van der Waals surface area contributed by atoms with E-state index in [1.165, 1.54) is 0 Å². The number of benzene rings is 1. The van der Waals surface area contributed by atoms with E-state index >= 15 is 0 Å². The fraction of sp³-hybridized carbons (Fsp3) is 0. The van der Waals surface area contributed by atoms with Gasteiger partial charge in [-0.2, -0.15) is 0 Å². The molecule has 0 heterocycles. The molecule has 1 N–H and O–H groups in total. The van der Waals surface area contributed by atoms with E-state index in [-0.39, 0.29) is 11.5 Å². The van der Waals surface area contributed by atoms with E-state index in [1.807, 2.05) is 0 Å². The molecule has 0 fully saturated rings. The van der Waals surface area contributed by atoms with E-state index in [9.17, 15) is 13.0 Å². The number of halogens is 2. The van der Waals surface area contributed by atoms with Crippen molar-refractivity contribution >= 4 is 7.99 Å². The van der Waals surface area contributed by atoms with Crippen molar-refractivity contribution in [3.8, 4) is 11.5 Å². The number of hydrogen-bond acceptors (Lipinski definition) is 3. The summed E-state index contributed by atoms with van der Waals surface area (Å²) in [6.45, 7) is 0. The van der Waals surface area contributed by atoms with Crippen molar-refractivity contribution in [2.75, 3.05) is 0 Å². The molecule has 1 aromatic rings. The Morgan fingerprint density at radius 3 is 2.17 bits per heavy atom. The van der Waals surface area contributed by atoms with Gasteiger partial charge in [0.15, 0.2) is 0 Å². The summed E-state index contributed by atoms with van der Waals surface area (Å²) in [5, 5.41) is 8.74. The van der Waals surface area contributed by atoms with E-state index in [0.717, 1.165) is 24.3 Å². The summed E-state index contributed by atoms with van der Waals surface area (Å²) in [6.07, 6.45) is 0.